The van der Waals surface area contributed by atoms with E-state index in [1.54, 1.807) is 13.3 Å². The monoisotopic (exact) mass is 505 g/mol. The average Bonchev–Trinajstić information content (AvgIpc) is 2.65. The smallest absolute Gasteiger partial charge is 0.193 e. The number of pyridine rings is 1. The molecule has 2 atom stereocenters. The Kier molecular flexibility index (Phi) is 9.82. The Morgan fingerprint density at radius 3 is 2.23 bits per heavy atom. The summed E-state index contributed by atoms with van der Waals surface area (Å²) in [4.78, 5) is 4.64. The van der Waals surface area contributed by atoms with Crippen LogP contribution in [0.15, 0.2) is 10.7 Å². The minimum atomic E-state index is -2.26. The first-order valence-electron chi connectivity index (χ1n) is 10.6. The molecular weight excluding hydrogens is 466 g/mol. The molecule has 0 radical (unpaired) electrons. The van der Waals surface area contributed by atoms with Crippen LogP contribution in [-0.2, 0) is 4.43 Å². The predicted octanol–water partition coefficient (Wildman–Crippen LogP) is 5.47. The number of rotatable bonds is 11. The van der Waals surface area contributed by atoms with Gasteiger partial charge in [-0.15, -0.1) is 0 Å². The fraction of sp³-hybridized carbons (Fsp3) is 0.773. The van der Waals surface area contributed by atoms with Crippen LogP contribution in [0.2, 0.25) is 18.1 Å². The third-order valence-electron chi connectivity index (χ3n) is 6.10. The molecule has 0 saturated carbocycles. The lowest BCUT2D eigenvalue weighted by atomic mass is 9.79. The van der Waals surface area contributed by atoms with Crippen LogP contribution in [0.4, 0.5) is 0 Å². The van der Waals surface area contributed by atoms with Crippen LogP contribution in [0.25, 0.3) is 0 Å². The lowest BCUT2D eigenvalue weighted by molar-refractivity contribution is -0.0673. The van der Waals surface area contributed by atoms with Crippen molar-refractivity contribution in [3.05, 3.63) is 16.4 Å². The van der Waals surface area contributed by atoms with Crippen molar-refractivity contribution in [2.45, 2.75) is 84.7 Å². The summed E-state index contributed by atoms with van der Waals surface area (Å²) in [6, 6.07) is 0. The van der Waals surface area contributed by atoms with Crippen molar-refractivity contribution in [1.29, 1.82) is 0 Å². The largest absolute Gasteiger partial charge is 0.491 e. The Labute approximate surface area is 191 Å². The molecule has 0 aliphatic carbocycles. The molecule has 2 unspecified atom stereocenters. The fourth-order valence-corrected chi connectivity index (χ4v) is 4.50. The van der Waals surface area contributed by atoms with Crippen molar-refractivity contribution in [2.75, 3.05) is 20.3 Å². The fourth-order valence-electron chi connectivity index (χ4n) is 2.75. The van der Waals surface area contributed by atoms with E-state index in [-0.39, 0.29) is 11.6 Å². The third kappa shape index (κ3) is 6.19. The molecule has 1 aromatic rings. The number of nitrogens with zero attached hydrogens (tertiary/aromatic N) is 1. The van der Waals surface area contributed by atoms with Gasteiger partial charge in [0.25, 0.3) is 0 Å². The van der Waals surface area contributed by atoms with Crippen molar-refractivity contribution >= 4 is 24.2 Å². The molecular formula is C22H40BrNO5Si. The molecule has 0 aromatic carbocycles. The zero-order valence-electron chi connectivity index (χ0n) is 20.0. The first-order chi connectivity index (χ1) is 13.7. The van der Waals surface area contributed by atoms with Crippen LogP contribution >= 0.6 is 15.9 Å². The molecule has 0 amide bonds. The van der Waals surface area contributed by atoms with Gasteiger partial charge in [0.1, 0.15) is 5.69 Å². The minimum Gasteiger partial charge on any atom is -0.491 e. The number of hydrogen-bond acceptors (Lipinski definition) is 6. The molecule has 0 aliphatic rings. The van der Waals surface area contributed by atoms with Crippen LogP contribution in [-0.4, -0.2) is 49.9 Å². The Morgan fingerprint density at radius 2 is 1.77 bits per heavy atom. The topological polar surface area (TPSA) is 81.0 Å². The zero-order valence-corrected chi connectivity index (χ0v) is 22.6. The SMILES string of the molecule is CCCCOc1c(Br)cnc(C(O[Si](C)(C)C(C)(C)C)C(C)(C)C(O)CO)c1OC. The molecule has 0 fully saturated rings. The van der Waals surface area contributed by atoms with Gasteiger partial charge in [0, 0.05) is 11.6 Å². The van der Waals surface area contributed by atoms with Crippen molar-refractivity contribution < 1.29 is 24.1 Å². The Bertz CT molecular complexity index is 691. The predicted molar refractivity (Wildman–Crippen MR) is 127 cm³/mol. The summed E-state index contributed by atoms with van der Waals surface area (Å²) in [6.45, 7) is 16.9. The second-order valence-corrected chi connectivity index (χ2v) is 15.4. The number of aromatic nitrogens is 1. The average molecular weight is 507 g/mol. The number of aliphatic hydroxyl groups excluding tert-OH is 2. The summed E-state index contributed by atoms with van der Waals surface area (Å²) < 4.78 is 19.3. The first kappa shape index (κ1) is 27.4. The highest BCUT2D eigenvalue weighted by Crippen LogP contribution is 2.50. The van der Waals surface area contributed by atoms with Gasteiger partial charge in [0.2, 0.25) is 0 Å². The van der Waals surface area contributed by atoms with Gasteiger partial charge in [-0.2, -0.15) is 0 Å². The van der Waals surface area contributed by atoms with Crippen molar-refractivity contribution in [2.24, 2.45) is 5.41 Å². The summed E-state index contributed by atoms with van der Waals surface area (Å²) in [6.07, 6.45) is 2.03. The highest BCUT2D eigenvalue weighted by atomic mass is 79.9. The number of unbranched alkanes of at least 4 members (excludes halogenated alkanes) is 1. The van der Waals surface area contributed by atoms with E-state index < -0.39 is 25.9 Å². The van der Waals surface area contributed by atoms with Gasteiger partial charge in [-0.3, -0.25) is 4.98 Å². The first-order valence-corrected chi connectivity index (χ1v) is 14.3. The van der Waals surface area contributed by atoms with Gasteiger partial charge in [0.15, 0.2) is 19.8 Å². The molecule has 2 N–H and O–H groups in total. The van der Waals surface area contributed by atoms with Gasteiger partial charge < -0.3 is 24.1 Å². The van der Waals surface area contributed by atoms with E-state index in [9.17, 15) is 10.2 Å². The number of ether oxygens (including phenoxy) is 2. The third-order valence-corrected chi connectivity index (χ3v) is 11.1. The van der Waals surface area contributed by atoms with E-state index in [0.717, 1.165) is 12.8 Å². The van der Waals surface area contributed by atoms with Crippen LogP contribution in [0.5, 0.6) is 11.5 Å². The van der Waals surface area contributed by atoms with E-state index in [2.05, 4.69) is 61.7 Å². The number of hydrogen-bond donors (Lipinski definition) is 2. The molecule has 1 heterocycles. The molecule has 0 bridgehead atoms. The summed E-state index contributed by atoms with van der Waals surface area (Å²) >= 11 is 3.52. The van der Waals surface area contributed by atoms with Crippen LogP contribution < -0.4 is 9.47 Å². The lowest BCUT2D eigenvalue weighted by Gasteiger charge is -2.45. The second-order valence-electron chi connectivity index (χ2n) is 9.83. The summed E-state index contributed by atoms with van der Waals surface area (Å²) in [7, 11) is -0.676. The zero-order chi connectivity index (χ0) is 23.3. The maximum atomic E-state index is 10.7. The van der Waals surface area contributed by atoms with E-state index >= 15 is 0 Å². The number of methoxy groups -OCH3 is 1. The molecule has 0 saturated heterocycles. The van der Waals surface area contributed by atoms with E-state index in [4.69, 9.17) is 13.9 Å². The van der Waals surface area contributed by atoms with Crippen molar-refractivity contribution in [3.8, 4) is 11.5 Å². The molecule has 174 valence electrons. The standard InChI is InChI=1S/C22H40BrNO5Si/c1-10-11-12-28-18-15(23)13-24-17(19(18)27-7)20(22(5,6)16(26)14-25)29-30(8,9)21(2,3)4/h13,16,20,25-26H,10-12,14H2,1-9H3. The Hall–Kier alpha value is -0.673. The normalized spacial score (nSPS) is 15.1. The van der Waals surface area contributed by atoms with Crippen LogP contribution in [0, 0.1) is 5.41 Å². The Balaban J connectivity index is 3.62. The quantitative estimate of drug-likeness (QED) is 0.306. The maximum Gasteiger partial charge on any atom is 0.193 e. The maximum absolute atomic E-state index is 10.7. The van der Waals surface area contributed by atoms with Gasteiger partial charge in [-0.25, -0.2) is 0 Å². The highest BCUT2D eigenvalue weighted by molar-refractivity contribution is 9.10. The summed E-state index contributed by atoms with van der Waals surface area (Å²) in [5.74, 6) is 1.07. The van der Waals surface area contributed by atoms with Gasteiger partial charge >= 0.3 is 0 Å². The van der Waals surface area contributed by atoms with Gasteiger partial charge in [-0.05, 0) is 40.5 Å². The van der Waals surface area contributed by atoms with Crippen LogP contribution in [0.1, 0.15) is 66.2 Å². The van der Waals surface area contributed by atoms with Gasteiger partial charge in [0.05, 0.1) is 37.0 Å². The van der Waals surface area contributed by atoms with E-state index in [1.165, 1.54) is 0 Å². The Morgan fingerprint density at radius 1 is 1.17 bits per heavy atom. The molecule has 1 rings (SSSR count). The van der Waals surface area contributed by atoms with Crippen molar-refractivity contribution in [3.63, 3.8) is 0 Å². The summed E-state index contributed by atoms with van der Waals surface area (Å²) in [5, 5.41) is 20.3. The van der Waals surface area contributed by atoms with E-state index in [1.807, 2.05) is 13.8 Å². The van der Waals surface area contributed by atoms with Crippen molar-refractivity contribution in [1.82, 2.24) is 4.98 Å². The van der Waals surface area contributed by atoms with Crippen LogP contribution in [0.3, 0.4) is 0 Å². The van der Waals surface area contributed by atoms with Gasteiger partial charge in [-0.1, -0.05) is 48.0 Å². The number of halogens is 1. The minimum absolute atomic E-state index is 0.0471. The second kappa shape index (κ2) is 10.8. The molecule has 0 aliphatic heterocycles. The highest BCUT2D eigenvalue weighted by Gasteiger charge is 2.47. The molecule has 8 heteroatoms. The number of aliphatic hydroxyl groups is 2. The molecule has 1 aromatic heterocycles. The molecule has 0 spiro atoms. The lowest BCUT2D eigenvalue weighted by Crippen LogP contribution is -2.48. The van der Waals surface area contributed by atoms with E-state index in [0.29, 0.717) is 28.3 Å². The molecule has 6 nitrogen and oxygen atoms in total. The molecule has 30 heavy (non-hydrogen) atoms. The summed E-state index contributed by atoms with van der Waals surface area (Å²) in [5.41, 5.74) is -0.256.